The zero-order valence-corrected chi connectivity index (χ0v) is 14.9. The van der Waals surface area contributed by atoms with Crippen LogP contribution in [0.25, 0.3) is 0 Å². The van der Waals surface area contributed by atoms with Crippen LogP contribution in [0.5, 0.6) is 0 Å². The maximum atomic E-state index is 14.9. The fraction of sp³-hybridized carbons (Fsp3) is 0.412. The molecule has 3 heterocycles. The number of oxime groups is 1. The van der Waals surface area contributed by atoms with Gasteiger partial charge in [-0.1, -0.05) is 5.16 Å². The number of carboxylic acids is 1. The summed E-state index contributed by atoms with van der Waals surface area (Å²) in [4.78, 5) is 17.9. The van der Waals surface area contributed by atoms with Crippen LogP contribution in [0, 0.1) is 5.82 Å². The van der Waals surface area contributed by atoms with E-state index in [2.05, 4.69) is 5.16 Å². The highest BCUT2D eigenvalue weighted by Gasteiger charge is 2.44. The van der Waals surface area contributed by atoms with Crippen LogP contribution in [0.3, 0.4) is 0 Å². The largest absolute Gasteiger partial charge is 0.478 e. The smallest absolute Gasteiger partial charge is 0.336 e. The van der Waals surface area contributed by atoms with Gasteiger partial charge in [0.05, 0.1) is 36.1 Å². The molecule has 11 heteroatoms. The first-order valence-corrected chi connectivity index (χ1v) is 8.60. The minimum atomic E-state index is -1.53. The lowest BCUT2D eigenvalue weighted by molar-refractivity contribution is -0.133. The van der Waals surface area contributed by atoms with Crippen molar-refractivity contribution in [3.63, 3.8) is 0 Å². The maximum Gasteiger partial charge on any atom is 0.336 e. The number of carboxylic acid groups (broad SMARTS) is 1. The van der Waals surface area contributed by atoms with Crippen LogP contribution in [0.1, 0.15) is 11.7 Å². The topological polar surface area (TPSA) is 115 Å². The lowest BCUT2D eigenvalue weighted by Crippen LogP contribution is -2.61. The van der Waals surface area contributed by atoms with Gasteiger partial charge in [-0.3, -0.25) is 5.01 Å². The number of nitrogens with zero attached hydrogens (tertiary/aromatic N) is 4. The molecule has 1 aromatic carbocycles. The minimum Gasteiger partial charge on any atom is -0.478 e. The number of aliphatic carboxylic acids is 1. The SMILES string of the molecule is CO/N=C1\CN(c2cc3c(cc2F)C(O)C(C(=O)O)=CN3N2C[C@@H]2F)[C@H]1CN. The Morgan fingerprint density at radius 2 is 2.14 bits per heavy atom. The Hall–Kier alpha value is -2.76. The van der Waals surface area contributed by atoms with Crippen molar-refractivity contribution in [1.29, 1.82) is 0 Å². The average Bonchev–Trinajstić information content (AvgIpc) is 3.35. The molecule has 3 aliphatic heterocycles. The Bertz CT molecular complexity index is 893. The highest BCUT2D eigenvalue weighted by molar-refractivity contribution is 6.03. The van der Waals surface area contributed by atoms with Gasteiger partial charge < -0.3 is 25.7 Å². The van der Waals surface area contributed by atoms with Crippen LogP contribution in [-0.4, -0.2) is 66.0 Å². The molecule has 4 N–H and O–H groups in total. The molecule has 28 heavy (non-hydrogen) atoms. The van der Waals surface area contributed by atoms with Gasteiger partial charge in [0, 0.05) is 18.3 Å². The Morgan fingerprint density at radius 3 is 2.71 bits per heavy atom. The molecule has 4 atom stereocenters. The third-order valence-corrected chi connectivity index (χ3v) is 5.08. The van der Waals surface area contributed by atoms with Crippen LogP contribution in [0.2, 0.25) is 0 Å². The quantitative estimate of drug-likeness (QED) is 0.371. The van der Waals surface area contributed by atoms with Crippen molar-refractivity contribution < 1.29 is 28.6 Å². The van der Waals surface area contributed by atoms with Crippen LogP contribution >= 0.6 is 0 Å². The molecule has 2 fully saturated rings. The molecule has 0 amide bonds. The second kappa shape index (κ2) is 6.69. The first-order chi connectivity index (χ1) is 13.4. The molecule has 9 nitrogen and oxygen atoms in total. The highest BCUT2D eigenvalue weighted by atomic mass is 19.1. The molecule has 0 radical (unpaired) electrons. The lowest BCUT2D eigenvalue weighted by Gasteiger charge is -2.43. The molecule has 2 saturated heterocycles. The summed E-state index contributed by atoms with van der Waals surface area (Å²) in [6.07, 6.45) is -1.65. The Labute approximate surface area is 158 Å². The second-order valence-corrected chi connectivity index (χ2v) is 6.70. The number of benzene rings is 1. The fourth-order valence-corrected chi connectivity index (χ4v) is 3.54. The number of anilines is 2. The summed E-state index contributed by atoms with van der Waals surface area (Å²) in [6, 6.07) is 2.18. The van der Waals surface area contributed by atoms with Crippen LogP contribution in [-0.2, 0) is 9.63 Å². The molecule has 0 aromatic heterocycles. The molecule has 0 bridgehead atoms. The third kappa shape index (κ3) is 2.79. The summed E-state index contributed by atoms with van der Waals surface area (Å²) >= 11 is 0. The predicted molar refractivity (Wildman–Crippen MR) is 95.8 cm³/mol. The van der Waals surface area contributed by atoms with E-state index in [0.717, 1.165) is 12.3 Å². The summed E-state index contributed by atoms with van der Waals surface area (Å²) < 4.78 is 28.5. The summed E-state index contributed by atoms with van der Waals surface area (Å²) in [5.74, 6) is -2.02. The molecular formula is C17H19F2N5O4. The summed E-state index contributed by atoms with van der Waals surface area (Å²) in [5.41, 5.74) is 6.63. The Balaban J connectivity index is 1.76. The van der Waals surface area contributed by atoms with E-state index >= 15 is 0 Å². The number of aliphatic hydroxyl groups is 1. The zero-order chi connectivity index (χ0) is 20.2. The van der Waals surface area contributed by atoms with Gasteiger partial charge in [-0.05, 0) is 12.1 Å². The number of fused-ring (bicyclic) bond motifs is 1. The van der Waals surface area contributed by atoms with Gasteiger partial charge in [0.2, 0.25) is 0 Å². The van der Waals surface area contributed by atoms with Crippen molar-refractivity contribution in [3.8, 4) is 0 Å². The average molecular weight is 395 g/mol. The van der Waals surface area contributed by atoms with Crippen LogP contribution < -0.4 is 15.6 Å². The van der Waals surface area contributed by atoms with E-state index in [0.29, 0.717) is 17.9 Å². The van der Waals surface area contributed by atoms with E-state index < -0.39 is 24.2 Å². The van der Waals surface area contributed by atoms with Crippen molar-refractivity contribution in [2.45, 2.75) is 18.4 Å². The van der Waals surface area contributed by atoms with Gasteiger partial charge in [0.25, 0.3) is 0 Å². The number of hydrogen-bond donors (Lipinski definition) is 3. The Morgan fingerprint density at radius 1 is 1.43 bits per heavy atom. The molecule has 0 saturated carbocycles. The molecular weight excluding hydrogens is 376 g/mol. The van der Waals surface area contributed by atoms with Crippen LogP contribution in [0.4, 0.5) is 20.2 Å². The van der Waals surface area contributed by atoms with Crippen molar-refractivity contribution in [1.82, 2.24) is 5.01 Å². The van der Waals surface area contributed by atoms with E-state index in [1.165, 1.54) is 23.2 Å². The van der Waals surface area contributed by atoms with Crippen molar-refractivity contribution in [2.75, 3.05) is 36.7 Å². The molecule has 1 aromatic rings. The minimum absolute atomic E-state index is 0.0517. The van der Waals surface area contributed by atoms with Gasteiger partial charge in [-0.25, -0.2) is 13.6 Å². The van der Waals surface area contributed by atoms with E-state index in [9.17, 15) is 23.8 Å². The molecule has 0 aliphatic carbocycles. The maximum absolute atomic E-state index is 14.9. The van der Waals surface area contributed by atoms with Gasteiger partial charge in [0.1, 0.15) is 24.7 Å². The number of carbonyl (C=O) groups is 1. The van der Waals surface area contributed by atoms with Crippen molar-refractivity contribution >= 4 is 23.1 Å². The van der Waals surface area contributed by atoms with E-state index in [1.54, 1.807) is 4.90 Å². The van der Waals surface area contributed by atoms with Crippen molar-refractivity contribution in [3.05, 3.63) is 35.3 Å². The zero-order valence-electron chi connectivity index (χ0n) is 14.9. The summed E-state index contributed by atoms with van der Waals surface area (Å²) in [7, 11) is 1.41. The molecule has 0 spiro atoms. The van der Waals surface area contributed by atoms with Gasteiger partial charge in [-0.2, -0.15) is 5.01 Å². The molecule has 2 unspecified atom stereocenters. The highest BCUT2D eigenvalue weighted by Crippen LogP contribution is 2.44. The van der Waals surface area contributed by atoms with E-state index in [-0.39, 0.29) is 36.0 Å². The Kier molecular flexibility index (Phi) is 4.44. The number of nitrogens with two attached hydrogens (primary N) is 1. The monoisotopic (exact) mass is 395 g/mol. The van der Waals surface area contributed by atoms with Gasteiger partial charge in [-0.15, -0.1) is 0 Å². The fourth-order valence-electron chi connectivity index (χ4n) is 3.54. The van der Waals surface area contributed by atoms with Crippen LogP contribution in [0.15, 0.2) is 29.1 Å². The van der Waals surface area contributed by atoms with E-state index in [4.69, 9.17) is 10.6 Å². The number of alkyl halides is 1. The summed E-state index contributed by atoms with van der Waals surface area (Å²) in [5, 5.41) is 26.1. The second-order valence-electron chi connectivity index (χ2n) is 6.70. The molecule has 150 valence electrons. The van der Waals surface area contributed by atoms with E-state index in [1.807, 2.05) is 0 Å². The first-order valence-electron chi connectivity index (χ1n) is 8.60. The normalized spacial score (nSPS) is 29.9. The standard InChI is InChI=1S/C17H19F2N5O4/c1-28-21-11-6-22(14(11)4-20)13-3-12-8(2-10(13)18)16(25)9(17(26)27)5-23(12)24-7-15(24)19/h2-3,5,14-16,25H,4,6-7,20H2,1H3,(H,26,27)/b21-11+/t14-,15+,16?,24?/m0/s1. The molecule has 4 rings (SSSR count). The number of aliphatic hydroxyl groups excluding tert-OH is 1. The summed E-state index contributed by atoms with van der Waals surface area (Å²) in [6.45, 7) is 0.567. The number of halogens is 2. The predicted octanol–water partition coefficient (Wildman–Crippen LogP) is 0.324. The number of rotatable bonds is 5. The number of hydrazine groups is 1. The first kappa shape index (κ1) is 18.6. The number of hydrogen-bond acceptors (Lipinski definition) is 8. The van der Waals surface area contributed by atoms with Gasteiger partial charge in [0.15, 0.2) is 6.30 Å². The third-order valence-electron chi connectivity index (χ3n) is 5.08. The molecule has 3 aliphatic rings. The lowest BCUT2D eigenvalue weighted by atomic mass is 9.94. The van der Waals surface area contributed by atoms with Crippen molar-refractivity contribution in [2.24, 2.45) is 10.9 Å². The van der Waals surface area contributed by atoms with Gasteiger partial charge >= 0.3 is 5.97 Å².